The first-order valence-corrected chi connectivity index (χ1v) is 4.35. The average Bonchev–Trinajstić information content (AvgIpc) is 1.87. The van der Waals surface area contributed by atoms with Crippen LogP contribution in [0.5, 0.6) is 0 Å². The lowest BCUT2D eigenvalue weighted by Crippen LogP contribution is -2.23. The van der Waals surface area contributed by atoms with Crippen LogP contribution in [0.2, 0.25) is 0 Å². The van der Waals surface area contributed by atoms with Crippen molar-refractivity contribution >= 4 is 7.85 Å². The summed E-state index contributed by atoms with van der Waals surface area (Å²) in [6.07, 6.45) is 2.54. The Morgan fingerprint density at radius 1 is 1.45 bits per heavy atom. The molecule has 0 N–H and O–H groups in total. The van der Waals surface area contributed by atoms with Crippen molar-refractivity contribution in [3.05, 3.63) is 0 Å². The lowest BCUT2D eigenvalue weighted by atomic mass is 9.95. The highest BCUT2D eigenvalue weighted by Crippen LogP contribution is 2.01. The Bertz CT molecular complexity index is 78.2. The van der Waals surface area contributed by atoms with Crippen molar-refractivity contribution in [1.29, 1.82) is 0 Å². The lowest BCUT2D eigenvalue weighted by molar-refractivity contribution is -0.00936. The van der Waals surface area contributed by atoms with Crippen molar-refractivity contribution in [1.82, 2.24) is 0 Å². The molecule has 11 heavy (non-hydrogen) atoms. The van der Waals surface area contributed by atoms with E-state index in [9.17, 15) is 0 Å². The number of ether oxygens (including phenoxy) is 2. The molecule has 0 aliphatic heterocycles. The Kier molecular flexibility index (Phi) is 6.67. The standard InChI is InChI=1S/C8H19BO2/c1-4-5-8(9)11-7(2)6-10-3/h7-8H,4-6,9H2,1-3H3/t7-,8+/m0/s1. The van der Waals surface area contributed by atoms with Gasteiger partial charge in [-0.15, -0.1) is 0 Å². The molecule has 0 bridgehead atoms. The zero-order chi connectivity index (χ0) is 8.69. The second-order valence-electron chi connectivity index (χ2n) is 3.00. The summed E-state index contributed by atoms with van der Waals surface area (Å²) in [4.78, 5) is 0. The third-order valence-electron chi connectivity index (χ3n) is 1.56. The third-order valence-corrected chi connectivity index (χ3v) is 1.56. The molecule has 2 atom stereocenters. The molecular weight excluding hydrogens is 139 g/mol. The maximum absolute atomic E-state index is 5.61. The molecular formula is C8H19BO2. The Morgan fingerprint density at radius 2 is 2.09 bits per heavy atom. The molecule has 0 radical (unpaired) electrons. The number of rotatable bonds is 6. The number of hydrogen-bond donors (Lipinski definition) is 0. The minimum atomic E-state index is 0.224. The molecule has 0 amide bonds. The highest BCUT2D eigenvalue weighted by Gasteiger charge is 2.06. The smallest absolute Gasteiger partial charge is 0.139 e. The van der Waals surface area contributed by atoms with E-state index < -0.39 is 0 Å². The van der Waals surface area contributed by atoms with Crippen molar-refractivity contribution in [3.8, 4) is 0 Å². The molecule has 0 aromatic rings. The van der Waals surface area contributed by atoms with Crippen LogP contribution in [0.15, 0.2) is 0 Å². The van der Waals surface area contributed by atoms with Crippen LogP contribution in [0, 0.1) is 0 Å². The quantitative estimate of drug-likeness (QED) is 0.532. The SMILES string of the molecule is B[C@@H](CCC)O[C@@H](C)COC. The molecule has 0 fully saturated rings. The van der Waals surface area contributed by atoms with Crippen molar-refractivity contribution in [2.24, 2.45) is 0 Å². The predicted octanol–water partition coefficient (Wildman–Crippen LogP) is 0.797. The van der Waals surface area contributed by atoms with Crippen molar-refractivity contribution in [3.63, 3.8) is 0 Å². The second kappa shape index (κ2) is 6.68. The molecule has 0 spiro atoms. The summed E-state index contributed by atoms with van der Waals surface area (Å²) >= 11 is 0. The fraction of sp³-hybridized carbons (Fsp3) is 1.00. The maximum Gasteiger partial charge on any atom is 0.139 e. The van der Waals surface area contributed by atoms with Gasteiger partial charge in [0, 0.05) is 13.1 Å². The summed E-state index contributed by atoms with van der Waals surface area (Å²) in [5, 5.41) is 0. The van der Waals surface area contributed by atoms with E-state index in [2.05, 4.69) is 14.8 Å². The van der Waals surface area contributed by atoms with Gasteiger partial charge in [0.2, 0.25) is 0 Å². The van der Waals surface area contributed by atoms with Crippen LogP contribution in [0.25, 0.3) is 0 Å². The largest absolute Gasteiger partial charge is 0.382 e. The van der Waals surface area contributed by atoms with Gasteiger partial charge in [-0.3, -0.25) is 0 Å². The monoisotopic (exact) mass is 158 g/mol. The van der Waals surface area contributed by atoms with Gasteiger partial charge in [0.1, 0.15) is 7.85 Å². The third kappa shape index (κ3) is 6.39. The Hall–Kier alpha value is -0.0151. The molecule has 0 saturated carbocycles. The van der Waals surface area contributed by atoms with Gasteiger partial charge < -0.3 is 9.47 Å². The molecule has 3 heteroatoms. The predicted molar refractivity (Wildman–Crippen MR) is 49.7 cm³/mol. The fourth-order valence-corrected chi connectivity index (χ4v) is 1.15. The van der Waals surface area contributed by atoms with Crippen molar-refractivity contribution < 1.29 is 9.47 Å². The summed E-state index contributed by atoms with van der Waals surface area (Å²) < 4.78 is 10.6. The van der Waals surface area contributed by atoms with Crippen LogP contribution >= 0.6 is 0 Å². The van der Waals surface area contributed by atoms with Crippen LogP contribution in [-0.4, -0.2) is 33.7 Å². The van der Waals surface area contributed by atoms with E-state index in [1.54, 1.807) is 7.11 Å². The van der Waals surface area contributed by atoms with E-state index in [4.69, 9.17) is 9.47 Å². The van der Waals surface area contributed by atoms with Gasteiger partial charge in [-0.1, -0.05) is 13.3 Å². The minimum Gasteiger partial charge on any atom is -0.382 e. The van der Waals surface area contributed by atoms with Crippen LogP contribution in [-0.2, 0) is 9.47 Å². The summed E-state index contributed by atoms with van der Waals surface area (Å²) in [5.74, 6) is 0. The topological polar surface area (TPSA) is 18.5 Å². The molecule has 0 heterocycles. The minimum absolute atomic E-state index is 0.224. The van der Waals surface area contributed by atoms with Gasteiger partial charge in [-0.05, 0) is 13.3 Å². The van der Waals surface area contributed by atoms with E-state index in [1.165, 1.54) is 6.42 Å². The van der Waals surface area contributed by atoms with Gasteiger partial charge in [0.25, 0.3) is 0 Å². The molecule has 0 aromatic carbocycles. The molecule has 0 aliphatic carbocycles. The van der Waals surface area contributed by atoms with Crippen molar-refractivity contribution in [2.75, 3.05) is 13.7 Å². The second-order valence-corrected chi connectivity index (χ2v) is 3.00. The van der Waals surface area contributed by atoms with Gasteiger partial charge in [0.15, 0.2) is 0 Å². The highest BCUT2D eigenvalue weighted by atomic mass is 16.5. The number of methoxy groups -OCH3 is 1. The number of hydrogen-bond acceptors (Lipinski definition) is 2. The molecule has 66 valence electrons. The average molecular weight is 158 g/mol. The first kappa shape index (κ1) is 11.0. The van der Waals surface area contributed by atoms with Gasteiger partial charge in [-0.2, -0.15) is 0 Å². The van der Waals surface area contributed by atoms with E-state index in [1.807, 2.05) is 6.92 Å². The van der Waals surface area contributed by atoms with E-state index >= 15 is 0 Å². The summed E-state index contributed by atoms with van der Waals surface area (Å²) in [6, 6.07) is 0.366. The zero-order valence-corrected chi connectivity index (χ0v) is 8.09. The molecule has 0 aliphatic rings. The molecule has 0 saturated heterocycles. The van der Waals surface area contributed by atoms with Gasteiger partial charge in [0.05, 0.1) is 12.7 Å². The summed E-state index contributed by atoms with van der Waals surface area (Å²) in [7, 11) is 3.81. The molecule has 0 unspecified atom stereocenters. The van der Waals surface area contributed by atoms with Crippen LogP contribution in [0.3, 0.4) is 0 Å². The van der Waals surface area contributed by atoms with E-state index in [0.29, 0.717) is 12.6 Å². The Labute approximate surface area is 70.7 Å². The molecule has 0 rings (SSSR count). The summed E-state index contributed by atoms with van der Waals surface area (Å²) in [5.41, 5.74) is 0. The lowest BCUT2D eigenvalue weighted by Gasteiger charge is -2.17. The first-order valence-electron chi connectivity index (χ1n) is 4.35. The molecule has 2 nitrogen and oxygen atoms in total. The van der Waals surface area contributed by atoms with Crippen molar-refractivity contribution in [2.45, 2.75) is 38.8 Å². The normalized spacial score (nSPS) is 16.3. The van der Waals surface area contributed by atoms with Gasteiger partial charge >= 0.3 is 0 Å². The van der Waals surface area contributed by atoms with E-state index in [-0.39, 0.29) is 6.10 Å². The molecule has 0 aromatic heterocycles. The Balaban J connectivity index is 3.32. The zero-order valence-electron chi connectivity index (χ0n) is 8.09. The maximum atomic E-state index is 5.61. The fourth-order valence-electron chi connectivity index (χ4n) is 1.15. The van der Waals surface area contributed by atoms with Crippen LogP contribution < -0.4 is 0 Å². The first-order chi connectivity index (χ1) is 5.20. The summed E-state index contributed by atoms with van der Waals surface area (Å²) in [6.45, 7) is 4.89. The highest BCUT2D eigenvalue weighted by molar-refractivity contribution is 6.10. The van der Waals surface area contributed by atoms with E-state index in [0.717, 1.165) is 6.42 Å². The van der Waals surface area contributed by atoms with Gasteiger partial charge in [-0.25, -0.2) is 0 Å². The Morgan fingerprint density at radius 3 is 2.55 bits per heavy atom. The van der Waals surface area contributed by atoms with Crippen LogP contribution in [0.1, 0.15) is 26.7 Å². The van der Waals surface area contributed by atoms with Crippen LogP contribution in [0.4, 0.5) is 0 Å².